The third kappa shape index (κ3) is 5.69. The Bertz CT molecular complexity index is 1260. The summed E-state index contributed by atoms with van der Waals surface area (Å²) in [5.41, 5.74) is 2.22. The third-order valence-electron chi connectivity index (χ3n) is 7.65. The summed E-state index contributed by atoms with van der Waals surface area (Å²) in [6.07, 6.45) is -0.187. The van der Waals surface area contributed by atoms with E-state index < -0.39 is 24.1 Å². The summed E-state index contributed by atoms with van der Waals surface area (Å²) in [6, 6.07) is 7.80. The maximum Gasteiger partial charge on any atom is 0.251 e. The fourth-order valence-corrected chi connectivity index (χ4v) is 6.35. The molecule has 0 aliphatic carbocycles. The third-order valence-corrected chi connectivity index (χ3v) is 8.55. The molecule has 206 valence electrons. The van der Waals surface area contributed by atoms with Crippen LogP contribution < -0.4 is 10.2 Å². The van der Waals surface area contributed by atoms with Gasteiger partial charge in [-0.05, 0) is 31.5 Å². The van der Waals surface area contributed by atoms with Crippen LogP contribution >= 0.6 is 11.3 Å². The molecule has 2 amide bonds. The Morgan fingerprint density at radius 1 is 1.21 bits per heavy atom. The molecule has 3 saturated heterocycles. The number of benzene rings is 1. The number of fused-ring (bicyclic) bond motifs is 1. The summed E-state index contributed by atoms with van der Waals surface area (Å²) in [5.74, 6) is -1.34. The molecular formula is C28H34N6O4S. The number of carbonyl (C=O) groups excluding carboxylic acids is 3. The predicted octanol–water partition coefficient (Wildman–Crippen LogP) is 2.02. The lowest BCUT2D eigenvalue weighted by atomic mass is 10.0. The van der Waals surface area contributed by atoms with Crippen LogP contribution in [0.4, 0.5) is 5.13 Å². The lowest BCUT2D eigenvalue weighted by molar-refractivity contribution is -0.138. The van der Waals surface area contributed by atoms with Crippen molar-refractivity contribution in [3.8, 4) is 17.3 Å². The highest BCUT2D eigenvalue weighted by Crippen LogP contribution is 2.32. The minimum atomic E-state index is -0.812. The van der Waals surface area contributed by atoms with Crippen molar-refractivity contribution in [1.82, 2.24) is 20.1 Å². The highest BCUT2D eigenvalue weighted by atomic mass is 32.1. The highest BCUT2D eigenvalue weighted by Gasteiger charge is 2.53. The van der Waals surface area contributed by atoms with Crippen LogP contribution in [-0.2, 0) is 14.3 Å². The molecule has 4 unspecified atom stereocenters. The number of ether oxygens (including phenoxy) is 1. The van der Waals surface area contributed by atoms with Crippen molar-refractivity contribution >= 4 is 34.1 Å². The van der Waals surface area contributed by atoms with Crippen molar-refractivity contribution in [2.45, 2.75) is 38.5 Å². The van der Waals surface area contributed by atoms with Gasteiger partial charge in [0.1, 0.15) is 24.8 Å². The number of piperazine rings is 1. The van der Waals surface area contributed by atoms with E-state index in [0.717, 1.165) is 42.6 Å². The molecule has 1 aromatic heterocycles. The van der Waals surface area contributed by atoms with Gasteiger partial charge < -0.3 is 24.8 Å². The molecule has 4 heterocycles. The number of nitrogens with zero attached hydrogens (tertiary/aromatic N) is 5. The number of Topliss-reactive ketones (excluding diaryl/α,β-unsaturated/α-hetero) is 1. The second kappa shape index (κ2) is 11.4. The molecule has 11 heteroatoms. The van der Waals surface area contributed by atoms with E-state index in [2.05, 4.69) is 28.2 Å². The number of rotatable bonds is 7. The van der Waals surface area contributed by atoms with E-state index in [1.807, 2.05) is 31.4 Å². The highest BCUT2D eigenvalue weighted by molar-refractivity contribution is 7.14. The fourth-order valence-electron chi connectivity index (χ4n) is 5.46. The van der Waals surface area contributed by atoms with Gasteiger partial charge in [0.25, 0.3) is 5.91 Å². The molecule has 0 bridgehead atoms. The Morgan fingerprint density at radius 2 is 1.92 bits per heavy atom. The monoisotopic (exact) mass is 550 g/mol. The summed E-state index contributed by atoms with van der Waals surface area (Å²) < 4.78 is 5.51. The number of anilines is 1. The van der Waals surface area contributed by atoms with E-state index in [9.17, 15) is 19.6 Å². The molecule has 0 spiro atoms. The van der Waals surface area contributed by atoms with Gasteiger partial charge in [0, 0.05) is 49.2 Å². The molecule has 5 rings (SSSR count). The summed E-state index contributed by atoms with van der Waals surface area (Å²) in [6.45, 7) is 7.91. The lowest BCUT2D eigenvalue weighted by Crippen LogP contribution is -2.52. The Hall–Kier alpha value is -3.33. The largest absolute Gasteiger partial charge is 0.366 e. The summed E-state index contributed by atoms with van der Waals surface area (Å²) in [5, 5.41) is 15.4. The number of thiazole rings is 1. The molecule has 10 nitrogen and oxygen atoms in total. The van der Waals surface area contributed by atoms with Gasteiger partial charge in [0.05, 0.1) is 17.7 Å². The number of ketones is 1. The number of amides is 2. The standard InChI is InChI=1S/C28H34N6O4S/c1-17(2)12-21(27(37)34-14-20(13-29)25-24(34)23(35)15-38-25)30-26(36)19-6-4-18(5-7-19)22-16-39-28(31-22)33-10-8-32(3)9-11-33/h4-7,16-17,20-21,24-25H,8-12,14-15H2,1-3H3,(H,30,36). The van der Waals surface area contributed by atoms with Gasteiger partial charge >= 0.3 is 0 Å². The van der Waals surface area contributed by atoms with Crippen LogP contribution in [0.3, 0.4) is 0 Å². The van der Waals surface area contributed by atoms with Crippen LogP contribution in [-0.4, -0.2) is 96.9 Å². The molecule has 3 aliphatic rings. The zero-order valence-corrected chi connectivity index (χ0v) is 23.3. The minimum Gasteiger partial charge on any atom is -0.366 e. The Morgan fingerprint density at radius 3 is 2.59 bits per heavy atom. The number of hydrogen-bond acceptors (Lipinski definition) is 9. The Balaban J connectivity index is 1.27. The van der Waals surface area contributed by atoms with Crippen LogP contribution in [0.2, 0.25) is 0 Å². The molecule has 1 aromatic carbocycles. The maximum atomic E-state index is 13.6. The van der Waals surface area contributed by atoms with E-state index >= 15 is 0 Å². The molecule has 39 heavy (non-hydrogen) atoms. The maximum absolute atomic E-state index is 13.6. The van der Waals surface area contributed by atoms with Gasteiger partial charge in [-0.2, -0.15) is 5.26 Å². The fraction of sp³-hybridized carbons (Fsp3) is 0.536. The van der Waals surface area contributed by atoms with Crippen LogP contribution in [0.5, 0.6) is 0 Å². The SMILES string of the molecule is CC(C)CC(NC(=O)c1ccc(-c2csc(N3CCN(C)CC3)n2)cc1)C(=O)N1CC(C#N)C2OCC(=O)C21. The number of hydrogen-bond donors (Lipinski definition) is 1. The van der Waals surface area contributed by atoms with Gasteiger partial charge in [0.2, 0.25) is 5.91 Å². The van der Waals surface area contributed by atoms with Crippen LogP contribution in [0, 0.1) is 23.2 Å². The van der Waals surface area contributed by atoms with Crippen molar-refractivity contribution in [1.29, 1.82) is 5.26 Å². The first-order chi connectivity index (χ1) is 18.7. The zero-order valence-electron chi connectivity index (χ0n) is 22.5. The summed E-state index contributed by atoms with van der Waals surface area (Å²) >= 11 is 1.62. The predicted molar refractivity (Wildman–Crippen MR) is 147 cm³/mol. The van der Waals surface area contributed by atoms with E-state index in [-0.39, 0.29) is 36.7 Å². The van der Waals surface area contributed by atoms with Crippen LogP contribution in [0.1, 0.15) is 30.6 Å². The average molecular weight is 551 g/mol. The molecule has 2 aromatic rings. The first-order valence-electron chi connectivity index (χ1n) is 13.4. The van der Waals surface area contributed by atoms with Crippen LogP contribution in [0.25, 0.3) is 11.3 Å². The van der Waals surface area contributed by atoms with Crippen molar-refractivity contribution < 1.29 is 19.1 Å². The van der Waals surface area contributed by atoms with E-state index in [1.165, 1.54) is 4.90 Å². The van der Waals surface area contributed by atoms with E-state index in [4.69, 9.17) is 9.72 Å². The average Bonchev–Trinajstić information content (AvgIpc) is 3.65. The molecule has 0 saturated carbocycles. The van der Waals surface area contributed by atoms with Crippen LogP contribution in [0.15, 0.2) is 29.6 Å². The minimum absolute atomic E-state index is 0.0965. The van der Waals surface area contributed by atoms with Gasteiger partial charge in [-0.1, -0.05) is 26.0 Å². The molecule has 3 aliphatic heterocycles. The van der Waals surface area contributed by atoms with E-state index in [1.54, 1.807) is 23.5 Å². The molecular weight excluding hydrogens is 516 g/mol. The van der Waals surface area contributed by atoms with E-state index in [0.29, 0.717) is 12.0 Å². The Labute approximate surface area is 232 Å². The second-order valence-electron chi connectivity index (χ2n) is 11.0. The normalized spacial score (nSPS) is 24.1. The molecule has 1 N–H and O–H groups in total. The summed E-state index contributed by atoms with van der Waals surface area (Å²) in [4.78, 5) is 50.1. The van der Waals surface area contributed by atoms with Crippen molar-refractivity contribution in [3.05, 3.63) is 35.2 Å². The molecule has 3 fully saturated rings. The number of aromatic nitrogens is 1. The number of nitriles is 1. The molecule has 4 atom stereocenters. The number of nitrogens with one attached hydrogen (secondary N) is 1. The Kier molecular flexibility index (Phi) is 7.98. The number of carbonyl (C=O) groups is 3. The molecule has 0 radical (unpaired) electrons. The van der Waals surface area contributed by atoms with Gasteiger partial charge in [-0.3, -0.25) is 14.4 Å². The zero-order chi connectivity index (χ0) is 27.7. The number of likely N-dealkylation sites (N-methyl/N-ethyl adjacent to an activating group) is 1. The summed E-state index contributed by atoms with van der Waals surface area (Å²) in [7, 11) is 2.13. The van der Waals surface area contributed by atoms with Crippen molar-refractivity contribution in [2.24, 2.45) is 11.8 Å². The van der Waals surface area contributed by atoms with Crippen molar-refractivity contribution in [3.63, 3.8) is 0 Å². The lowest BCUT2D eigenvalue weighted by Gasteiger charge is -2.32. The van der Waals surface area contributed by atoms with Gasteiger partial charge in [-0.25, -0.2) is 4.98 Å². The number of likely N-dealkylation sites (tertiary alicyclic amines) is 1. The van der Waals surface area contributed by atoms with Crippen molar-refractivity contribution in [2.75, 3.05) is 51.3 Å². The first kappa shape index (κ1) is 27.2. The quantitative estimate of drug-likeness (QED) is 0.556. The second-order valence-corrected chi connectivity index (χ2v) is 11.8. The van der Waals surface area contributed by atoms with Gasteiger partial charge in [-0.15, -0.1) is 11.3 Å². The smallest absolute Gasteiger partial charge is 0.251 e. The topological polar surface area (TPSA) is 119 Å². The van der Waals surface area contributed by atoms with Gasteiger partial charge in [0.15, 0.2) is 10.9 Å². The first-order valence-corrected chi connectivity index (χ1v) is 14.3.